The molecule has 0 saturated heterocycles. The minimum absolute atomic E-state index is 0. The van der Waals surface area contributed by atoms with Crippen LogP contribution in [0.15, 0.2) is 23.3 Å². The van der Waals surface area contributed by atoms with Crippen LogP contribution in [0.1, 0.15) is 39.2 Å². The Kier molecular flexibility index (Phi) is 9.92. The smallest absolute Gasteiger partial charge is 0.213 e. The first-order valence-corrected chi connectivity index (χ1v) is 9.90. The van der Waals surface area contributed by atoms with E-state index in [2.05, 4.69) is 47.6 Å². The van der Waals surface area contributed by atoms with Gasteiger partial charge in [0.05, 0.1) is 13.2 Å². The third-order valence-corrected chi connectivity index (χ3v) is 5.21. The number of rotatable bonds is 9. The third-order valence-electron chi connectivity index (χ3n) is 3.96. The molecule has 1 aliphatic rings. The van der Waals surface area contributed by atoms with Gasteiger partial charge in [0.2, 0.25) is 5.88 Å². The molecule has 0 radical (unpaired) electrons. The van der Waals surface area contributed by atoms with Crippen molar-refractivity contribution in [2.45, 2.75) is 44.9 Å². The van der Waals surface area contributed by atoms with E-state index in [1.165, 1.54) is 12.8 Å². The first-order chi connectivity index (χ1) is 11.5. The summed E-state index contributed by atoms with van der Waals surface area (Å²) in [6.07, 6.45) is 6.50. The normalized spacial score (nSPS) is 14.6. The SMILES string of the molecule is CCNC(=NCc1ccnc(OCC2CC2)c1)NCC(C)(C)SC.I. The van der Waals surface area contributed by atoms with Crippen LogP contribution < -0.4 is 15.4 Å². The van der Waals surface area contributed by atoms with Gasteiger partial charge in [-0.25, -0.2) is 9.98 Å². The van der Waals surface area contributed by atoms with Gasteiger partial charge in [0.1, 0.15) is 0 Å². The largest absolute Gasteiger partial charge is 0.477 e. The number of nitrogens with zero attached hydrogens (tertiary/aromatic N) is 2. The Balaban J connectivity index is 0.00000312. The minimum atomic E-state index is 0. The van der Waals surface area contributed by atoms with Gasteiger partial charge in [-0.05, 0) is 57.4 Å². The number of nitrogens with one attached hydrogen (secondary N) is 2. The highest BCUT2D eigenvalue weighted by atomic mass is 127. The molecule has 0 aromatic carbocycles. The van der Waals surface area contributed by atoms with Crippen LogP contribution in [0.3, 0.4) is 0 Å². The average molecular weight is 478 g/mol. The van der Waals surface area contributed by atoms with Crippen molar-refractivity contribution in [2.24, 2.45) is 10.9 Å². The van der Waals surface area contributed by atoms with E-state index in [4.69, 9.17) is 4.74 Å². The topological polar surface area (TPSA) is 58.5 Å². The lowest BCUT2D eigenvalue weighted by molar-refractivity contribution is 0.288. The zero-order valence-corrected chi connectivity index (χ0v) is 18.8. The maximum Gasteiger partial charge on any atom is 0.213 e. The number of hydrogen-bond donors (Lipinski definition) is 2. The lowest BCUT2D eigenvalue weighted by atomic mass is 10.2. The molecule has 7 heteroatoms. The highest BCUT2D eigenvalue weighted by molar-refractivity contribution is 14.0. The Labute approximate surface area is 173 Å². The van der Waals surface area contributed by atoms with Crippen molar-refractivity contribution in [3.63, 3.8) is 0 Å². The summed E-state index contributed by atoms with van der Waals surface area (Å²) in [6.45, 7) is 9.63. The van der Waals surface area contributed by atoms with Gasteiger partial charge < -0.3 is 15.4 Å². The molecule has 0 amide bonds. The van der Waals surface area contributed by atoms with Crippen molar-refractivity contribution in [3.8, 4) is 5.88 Å². The first kappa shape index (κ1) is 22.3. The summed E-state index contributed by atoms with van der Waals surface area (Å²) in [6, 6.07) is 3.98. The molecular formula is C18H31IN4OS. The molecule has 1 fully saturated rings. The Morgan fingerprint density at radius 2 is 2.16 bits per heavy atom. The van der Waals surface area contributed by atoms with Gasteiger partial charge in [0.15, 0.2) is 5.96 Å². The fourth-order valence-electron chi connectivity index (χ4n) is 2.00. The maximum atomic E-state index is 5.74. The number of thioether (sulfide) groups is 1. The molecule has 0 aliphatic heterocycles. The predicted molar refractivity (Wildman–Crippen MR) is 118 cm³/mol. The Hall–Kier alpha value is -0.700. The number of hydrogen-bond acceptors (Lipinski definition) is 4. The van der Waals surface area contributed by atoms with Gasteiger partial charge in [-0.2, -0.15) is 11.8 Å². The molecule has 0 atom stereocenters. The molecule has 1 heterocycles. The second-order valence-electron chi connectivity index (χ2n) is 6.77. The first-order valence-electron chi connectivity index (χ1n) is 8.67. The van der Waals surface area contributed by atoms with E-state index in [9.17, 15) is 0 Å². The van der Waals surface area contributed by atoms with Crippen LogP contribution in [0, 0.1) is 5.92 Å². The summed E-state index contributed by atoms with van der Waals surface area (Å²) in [5.41, 5.74) is 1.11. The minimum Gasteiger partial charge on any atom is -0.477 e. The molecule has 25 heavy (non-hydrogen) atoms. The zero-order chi connectivity index (χ0) is 17.4. The monoisotopic (exact) mass is 478 g/mol. The van der Waals surface area contributed by atoms with Crippen LogP contribution in [-0.2, 0) is 6.54 Å². The van der Waals surface area contributed by atoms with Crippen molar-refractivity contribution in [2.75, 3.05) is 26.0 Å². The summed E-state index contributed by atoms with van der Waals surface area (Å²) >= 11 is 1.85. The van der Waals surface area contributed by atoms with Crippen LogP contribution >= 0.6 is 35.7 Å². The molecule has 0 spiro atoms. The van der Waals surface area contributed by atoms with E-state index < -0.39 is 0 Å². The lowest BCUT2D eigenvalue weighted by Gasteiger charge is -2.23. The summed E-state index contributed by atoms with van der Waals surface area (Å²) in [7, 11) is 0. The van der Waals surface area contributed by atoms with Gasteiger partial charge in [-0.1, -0.05) is 0 Å². The van der Waals surface area contributed by atoms with Crippen molar-refractivity contribution in [1.82, 2.24) is 15.6 Å². The summed E-state index contributed by atoms with van der Waals surface area (Å²) < 4.78 is 5.92. The zero-order valence-electron chi connectivity index (χ0n) is 15.7. The molecule has 0 bridgehead atoms. The Bertz CT molecular complexity index is 550. The highest BCUT2D eigenvalue weighted by Gasteiger charge is 2.22. The summed E-state index contributed by atoms with van der Waals surface area (Å²) in [4.78, 5) is 8.95. The van der Waals surface area contributed by atoms with Crippen LogP contribution in [0.4, 0.5) is 0 Å². The van der Waals surface area contributed by atoms with Crippen LogP contribution in [0.5, 0.6) is 5.88 Å². The van der Waals surface area contributed by atoms with E-state index in [0.29, 0.717) is 12.4 Å². The Morgan fingerprint density at radius 1 is 1.40 bits per heavy atom. The van der Waals surface area contributed by atoms with Gasteiger partial charge in [0.25, 0.3) is 0 Å². The number of aliphatic imine (C=N–C) groups is 1. The second kappa shape index (κ2) is 11.1. The van der Waals surface area contributed by atoms with Crippen molar-refractivity contribution < 1.29 is 4.74 Å². The van der Waals surface area contributed by atoms with Crippen LogP contribution in [0.2, 0.25) is 0 Å². The number of halogens is 1. The molecule has 1 aromatic rings. The molecule has 0 unspecified atom stereocenters. The molecule has 5 nitrogen and oxygen atoms in total. The maximum absolute atomic E-state index is 5.74. The van der Waals surface area contributed by atoms with Gasteiger partial charge in [-0.15, -0.1) is 24.0 Å². The summed E-state index contributed by atoms with van der Waals surface area (Å²) in [5.74, 6) is 2.28. The number of ether oxygens (including phenoxy) is 1. The molecule has 2 rings (SSSR count). The van der Waals surface area contributed by atoms with Gasteiger partial charge >= 0.3 is 0 Å². The summed E-state index contributed by atoms with van der Waals surface area (Å²) in [5, 5.41) is 6.71. The van der Waals surface area contributed by atoms with E-state index >= 15 is 0 Å². The molecule has 1 aromatic heterocycles. The number of pyridine rings is 1. The lowest BCUT2D eigenvalue weighted by Crippen LogP contribution is -2.43. The van der Waals surface area contributed by atoms with Crippen LogP contribution in [0.25, 0.3) is 0 Å². The van der Waals surface area contributed by atoms with Gasteiger partial charge in [0, 0.05) is 30.1 Å². The molecule has 2 N–H and O–H groups in total. The molecule has 1 aliphatic carbocycles. The predicted octanol–water partition coefficient (Wildman–Crippen LogP) is 3.69. The highest BCUT2D eigenvalue weighted by Crippen LogP contribution is 2.29. The third kappa shape index (κ3) is 8.99. The van der Waals surface area contributed by atoms with E-state index in [1.807, 2.05) is 23.9 Å². The fraction of sp³-hybridized carbons (Fsp3) is 0.667. The molecule has 1 saturated carbocycles. The number of aromatic nitrogens is 1. The van der Waals surface area contributed by atoms with Crippen molar-refractivity contribution in [3.05, 3.63) is 23.9 Å². The number of guanidine groups is 1. The Morgan fingerprint density at radius 3 is 2.80 bits per heavy atom. The molecular weight excluding hydrogens is 447 g/mol. The van der Waals surface area contributed by atoms with E-state index in [1.54, 1.807) is 6.20 Å². The van der Waals surface area contributed by atoms with E-state index in [-0.39, 0.29) is 28.7 Å². The van der Waals surface area contributed by atoms with E-state index in [0.717, 1.165) is 37.1 Å². The molecule has 142 valence electrons. The second-order valence-corrected chi connectivity index (χ2v) is 8.28. The fourth-order valence-corrected chi connectivity index (χ4v) is 2.21. The van der Waals surface area contributed by atoms with Crippen LogP contribution in [-0.4, -0.2) is 41.6 Å². The van der Waals surface area contributed by atoms with Crippen molar-refractivity contribution in [1.29, 1.82) is 0 Å². The standard InChI is InChI=1S/C18H30N4OS.HI/c1-5-19-17(22-13-18(2,3)24-4)21-11-15-8-9-20-16(10-15)23-12-14-6-7-14;/h8-10,14H,5-7,11-13H2,1-4H3,(H2,19,21,22);1H. The quantitative estimate of drug-likeness (QED) is 0.322. The average Bonchev–Trinajstić information content (AvgIpc) is 3.40. The van der Waals surface area contributed by atoms with Gasteiger partial charge in [-0.3, -0.25) is 0 Å². The van der Waals surface area contributed by atoms with Crippen molar-refractivity contribution >= 4 is 41.7 Å².